The van der Waals surface area contributed by atoms with Gasteiger partial charge in [-0.1, -0.05) is 40.2 Å². The fraction of sp³-hybridized carbons (Fsp3) is 0.158. The number of aryl methyl sites for hydroxylation is 2. The molecule has 0 aliphatic carbocycles. The molecule has 0 aliphatic heterocycles. The van der Waals surface area contributed by atoms with E-state index < -0.39 is 0 Å². The lowest BCUT2D eigenvalue weighted by Gasteiger charge is -2.09. The third kappa shape index (κ3) is 3.92. The van der Waals surface area contributed by atoms with Crippen molar-refractivity contribution >= 4 is 27.5 Å². The lowest BCUT2D eigenvalue weighted by Crippen LogP contribution is -2.12. The Morgan fingerprint density at radius 2 is 2.00 bits per heavy atom. The van der Waals surface area contributed by atoms with Gasteiger partial charge in [0.15, 0.2) is 0 Å². The number of carbonyl (C=O) groups is 1. The predicted octanol–water partition coefficient (Wildman–Crippen LogP) is 4.51. The van der Waals surface area contributed by atoms with E-state index >= 15 is 0 Å². The highest BCUT2D eigenvalue weighted by atomic mass is 79.9. The maximum Gasteiger partial charge on any atom is 0.224 e. The molecule has 0 saturated heterocycles. The summed E-state index contributed by atoms with van der Waals surface area (Å²) < 4.78 is 2.88. The van der Waals surface area contributed by atoms with Crippen molar-refractivity contribution in [2.75, 3.05) is 5.32 Å². The van der Waals surface area contributed by atoms with E-state index in [0.717, 1.165) is 27.1 Å². The van der Waals surface area contributed by atoms with Gasteiger partial charge in [0.05, 0.1) is 5.69 Å². The first-order valence-corrected chi connectivity index (χ1v) is 8.57. The lowest BCUT2D eigenvalue weighted by molar-refractivity contribution is -0.116. The summed E-state index contributed by atoms with van der Waals surface area (Å²) in [5, 5.41) is 7.25. The van der Waals surface area contributed by atoms with Crippen LogP contribution in [0.4, 0.5) is 5.69 Å². The Kier molecular flexibility index (Phi) is 5.11. The van der Waals surface area contributed by atoms with Crippen molar-refractivity contribution in [2.45, 2.75) is 19.8 Å². The Balaban J connectivity index is 1.65. The summed E-state index contributed by atoms with van der Waals surface area (Å²) in [6.07, 6.45) is 2.90. The minimum absolute atomic E-state index is 0.0000836. The highest BCUT2D eigenvalue weighted by Gasteiger charge is 2.07. The molecule has 0 fully saturated rings. The van der Waals surface area contributed by atoms with Crippen LogP contribution in [0.25, 0.3) is 5.69 Å². The molecule has 1 aromatic heterocycles. The summed E-state index contributed by atoms with van der Waals surface area (Å²) in [5.41, 5.74) is 3.89. The van der Waals surface area contributed by atoms with E-state index in [4.69, 9.17) is 0 Å². The van der Waals surface area contributed by atoms with Crippen LogP contribution >= 0.6 is 15.9 Å². The first-order valence-electron chi connectivity index (χ1n) is 7.78. The van der Waals surface area contributed by atoms with Crippen LogP contribution in [0.5, 0.6) is 0 Å². The number of rotatable bonds is 5. The Morgan fingerprint density at radius 1 is 1.17 bits per heavy atom. The van der Waals surface area contributed by atoms with Gasteiger partial charge in [-0.2, -0.15) is 5.10 Å². The van der Waals surface area contributed by atoms with Gasteiger partial charge in [0.2, 0.25) is 5.91 Å². The number of aromatic nitrogens is 2. The standard InChI is InChI=1S/C19H18BrN3O/c1-14-11-12-21-23(14)17-7-4-6-16(13-17)22-19(24)10-9-15-5-2-3-8-18(15)20/h2-8,11-13H,9-10H2,1H3,(H,22,24). The normalized spacial score (nSPS) is 10.6. The molecule has 122 valence electrons. The highest BCUT2D eigenvalue weighted by molar-refractivity contribution is 9.10. The maximum atomic E-state index is 12.2. The van der Waals surface area contributed by atoms with Crippen LogP contribution in [0.2, 0.25) is 0 Å². The number of carbonyl (C=O) groups excluding carboxylic acids is 1. The van der Waals surface area contributed by atoms with E-state index in [9.17, 15) is 4.79 Å². The van der Waals surface area contributed by atoms with Crippen molar-refractivity contribution in [3.8, 4) is 5.69 Å². The minimum atomic E-state index is 0.0000836. The summed E-state index contributed by atoms with van der Waals surface area (Å²) >= 11 is 3.51. The SMILES string of the molecule is Cc1ccnn1-c1cccc(NC(=O)CCc2ccccc2Br)c1. The van der Waals surface area contributed by atoms with Gasteiger partial charge in [0, 0.05) is 28.5 Å². The third-order valence-electron chi connectivity index (χ3n) is 3.79. The quantitative estimate of drug-likeness (QED) is 0.704. The third-order valence-corrected chi connectivity index (χ3v) is 4.56. The van der Waals surface area contributed by atoms with E-state index in [1.807, 2.05) is 66.2 Å². The summed E-state index contributed by atoms with van der Waals surface area (Å²) in [4.78, 5) is 12.2. The molecular weight excluding hydrogens is 366 g/mol. The average molecular weight is 384 g/mol. The molecule has 1 amide bonds. The fourth-order valence-electron chi connectivity index (χ4n) is 2.53. The van der Waals surface area contributed by atoms with Crippen LogP contribution < -0.4 is 5.32 Å². The number of anilines is 1. The van der Waals surface area contributed by atoms with Gasteiger partial charge in [0.1, 0.15) is 0 Å². The number of hydrogen-bond donors (Lipinski definition) is 1. The molecule has 0 bridgehead atoms. The number of amides is 1. The topological polar surface area (TPSA) is 46.9 Å². The van der Waals surface area contributed by atoms with Crippen molar-refractivity contribution in [1.82, 2.24) is 9.78 Å². The van der Waals surface area contributed by atoms with Crippen molar-refractivity contribution < 1.29 is 4.79 Å². The predicted molar refractivity (Wildman–Crippen MR) is 99.4 cm³/mol. The van der Waals surface area contributed by atoms with Crippen LogP contribution in [-0.4, -0.2) is 15.7 Å². The molecule has 5 heteroatoms. The number of benzene rings is 2. The van der Waals surface area contributed by atoms with E-state index in [0.29, 0.717) is 12.8 Å². The van der Waals surface area contributed by atoms with Gasteiger partial charge >= 0.3 is 0 Å². The number of hydrogen-bond acceptors (Lipinski definition) is 2. The molecule has 4 nitrogen and oxygen atoms in total. The second kappa shape index (κ2) is 7.45. The Morgan fingerprint density at radius 3 is 2.75 bits per heavy atom. The molecule has 3 aromatic rings. The van der Waals surface area contributed by atoms with Crippen molar-refractivity contribution in [2.24, 2.45) is 0 Å². The van der Waals surface area contributed by atoms with Crippen molar-refractivity contribution in [3.05, 3.63) is 76.5 Å². The molecule has 24 heavy (non-hydrogen) atoms. The van der Waals surface area contributed by atoms with Crippen LogP contribution in [0.3, 0.4) is 0 Å². The van der Waals surface area contributed by atoms with E-state index in [2.05, 4.69) is 26.3 Å². The number of nitrogens with zero attached hydrogens (tertiary/aromatic N) is 2. The van der Waals surface area contributed by atoms with E-state index in [1.165, 1.54) is 0 Å². The van der Waals surface area contributed by atoms with Crippen LogP contribution in [0.1, 0.15) is 17.7 Å². The molecule has 0 radical (unpaired) electrons. The smallest absolute Gasteiger partial charge is 0.224 e. The van der Waals surface area contributed by atoms with Gasteiger partial charge in [-0.05, 0) is 49.2 Å². The van der Waals surface area contributed by atoms with E-state index in [1.54, 1.807) is 6.20 Å². The second-order valence-corrected chi connectivity index (χ2v) is 6.43. The molecule has 0 unspecified atom stereocenters. The van der Waals surface area contributed by atoms with Gasteiger partial charge < -0.3 is 5.32 Å². The molecule has 3 rings (SSSR count). The average Bonchev–Trinajstić information content (AvgIpc) is 3.00. The summed E-state index contributed by atoms with van der Waals surface area (Å²) in [7, 11) is 0. The number of nitrogens with one attached hydrogen (secondary N) is 1. The molecule has 0 aliphatic rings. The van der Waals surface area contributed by atoms with E-state index in [-0.39, 0.29) is 5.91 Å². The fourth-order valence-corrected chi connectivity index (χ4v) is 3.01. The van der Waals surface area contributed by atoms with Crippen LogP contribution in [0.15, 0.2) is 65.3 Å². The lowest BCUT2D eigenvalue weighted by atomic mass is 10.1. The van der Waals surface area contributed by atoms with Gasteiger partial charge in [-0.15, -0.1) is 0 Å². The van der Waals surface area contributed by atoms with Gasteiger partial charge in [-0.3, -0.25) is 4.79 Å². The molecule has 0 spiro atoms. The van der Waals surface area contributed by atoms with Gasteiger partial charge in [0.25, 0.3) is 0 Å². The summed E-state index contributed by atoms with van der Waals surface area (Å²) in [6.45, 7) is 2.00. The first kappa shape index (κ1) is 16.5. The monoisotopic (exact) mass is 383 g/mol. The van der Waals surface area contributed by atoms with Gasteiger partial charge in [-0.25, -0.2) is 4.68 Å². The summed E-state index contributed by atoms with van der Waals surface area (Å²) in [5.74, 6) is 0.0000836. The zero-order chi connectivity index (χ0) is 16.9. The zero-order valence-corrected chi connectivity index (χ0v) is 15.0. The van der Waals surface area contributed by atoms with Crippen molar-refractivity contribution in [1.29, 1.82) is 0 Å². The molecule has 1 heterocycles. The Bertz CT molecular complexity index is 857. The Hall–Kier alpha value is -2.40. The molecule has 2 aromatic carbocycles. The van der Waals surface area contributed by atoms with Crippen LogP contribution in [-0.2, 0) is 11.2 Å². The molecule has 0 saturated carbocycles. The largest absolute Gasteiger partial charge is 0.326 e. The number of halogens is 1. The van der Waals surface area contributed by atoms with Crippen LogP contribution in [0, 0.1) is 6.92 Å². The molecule has 0 atom stereocenters. The van der Waals surface area contributed by atoms with Crippen molar-refractivity contribution in [3.63, 3.8) is 0 Å². The summed E-state index contributed by atoms with van der Waals surface area (Å²) in [6, 6.07) is 17.6. The maximum absolute atomic E-state index is 12.2. The first-order chi connectivity index (χ1) is 11.6. The Labute approximate surface area is 149 Å². The second-order valence-electron chi connectivity index (χ2n) is 5.57. The highest BCUT2D eigenvalue weighted by Crippen LogP contribution is 2.19. The minimum Gasteiger partial charge on any atom is -0.326 e. The molecular formula is C19H18BrN3O. The zero-order valence-electron chi connectivity index (χ0n) is 13.4. The molecule has 1 N–H and O–H groups in total.